The van der Waals surface area contributed by atoms with E-state index in [0.29, 0.717) is 16.7 Å². The largest absolute Gasteiger partial charge is 0.397 e. The molecule has 1 aromatic heterocycles. The predicted molar refractivity (Wildman–Crippen MR) is 77.5 cm³/mol. The predicted octanol–water partition coefficient (Wildman–Crippen LogP) is 3.57. The Kier molecular flexibility index (Phi) is 3.87. The van der Waals surface area contributed by atoms with Crippen LogP contribution in [0.15, 0.2) is 22.0 Å². The summed E-state index contributed by atoms with van der Waals surface area (Å²) >= 11 is 4.78. The van der Waals surface area contributed by atoms with Gasteiger partial charge in [-0.2, -0.15) is 0 Å². The van der Waals surface area contributed by atoms with E-state index in [9.17, 15) is 4.39 Å². The minimum Gasteiger partial charge on any atom is -0.397 e. The van der Waals surface area contributed by atoms with E-state index in [-0.39, 0.29) is 5.82 Å². The van der Waals surface area contributed by atoms with Crippen molar-refractivity contribution in [2.75, 3.05) is 17.7 Å². The number of nitrogen functional groups attached to an aromatic ring is 1. The molecule has 0 saturated carbocycles. The third kappa shape index (κ3) is 2.81. The summed E-state index contributed by atoms with van der Waals surface area (Å²) in [5.41, 5.74) is 8.02. The van der Waals surface area contributed by atoms with Crippen molar-refractivity contribution in [1.82, 2.24) is 4.98 Å². The number of anilines is 2. The lowest BCUT2D eigenvalue weighted by Crippen LogP contribution is -2.18. The zero-order valence-electron chi connectivity index (χ0n) is 10.1. The molecule has 0 amide bonds. The molecule has 2 N–H and O–H groups in total. The van der Waals surface area contributed by atoms with Crippen molar-refractivity contribution >= 4 is 38.6 Å². The van der Waals surface area contributed by atoms with Crippen molar-refractivity contribution in [3.63, 3.8) is 0 Å². The van der Waals surface area contributed by atoms with Gasteiger partial charge in [-0.3, -0.25) is 0 Å². The molecular weight excluding hydrogens is 317 g/mol. The molecule has 96 valence electrons. The Morgan fingerprint density at radius 3 is 2.83 bits per heavy atom. The maximum Gasteiger partial charge on any atom is 0.139 e. The highest BCUT2D eigenvalue weighted by atomic mass is 79.9. The highest BCUT2D eigenvalue weighted by molar-refractivity contribution is 9.10. The van der Waals surface area contributed by atoms with Gasteiger partial charge in [0.25, 0.3) is 0 Å². The maximum atomic E-state index is 13.3. The number of nitrogens with two attached hydrogens (primary N) is 1. The van der Waals surface area contributed by atoms with Crippen LogP contribution >= 0.6 is 27.3 Å². The van der Waals surface area contributed by atoms with E-state index in [1.165, 1.54) is 6.07 Å². The van der Waals surface area contributed by atoms with Gasteiger partial charge in [0, 0.05) is 18.5 Å². The zero-order valence-corrected chi connectivity index (χ0v) is 12.5. The number of aryl methyl sites for hydroxylation is 1. The minimum absolute atomic E-state index is 0.353. The quantitative estimate of drug-likeness (QED) is 0.875. The summed E-state index contributed by atoms with van der Waals surface area (Å²) in [5, 5.41) is 3.05. The van der Waals surface area contributed by atoms with Crippen LogP contribution in [-0.4, -0.2) is 12.0 Å². The molecule has 0 radical (unpaired) electrons. The van der Waals surface area contributed by atoms with Crippen molar-refractivity contribution in [3.05, 3.63) is 38.5 Å². The number of benzene rings is 1. The van der Waals surface area contributed by atoms with Gasteiger partial charge in [0.15, 0.2) is 0 Å². The fraction of sp³-hybridized carbons (Fsp3) is 0.250. The first-order chi connectivity index (χ1) is 8.47. The molecule has 0 atom stereocenters. The molecule has 0 spiro atoms. The van der Waals surface area contributed by atoms with Gasteiger partial charge in [-0.1, -0.05) is 0 Å². The second kappa shape index (κ2) is 5.24. The second-order valence-corrected chi connectivity index (χ2v) is 5.96. The number of nitrogens with zero attached hydrogens (tertiary/aromatic N) is 2. The Hall–Kier alpha value is -1.14. The van der Waals surface area contributed by atoms with E-state index in [0.717, 1.165) is 16.4 Å². The Labute approximate surface area is 118 Å². The van der Waals surface area contributed by atoms with E-state index in [1.54, 1.807) is 17.4 Å². The van der Waals surface area contributed by atoms with E-state index in [4.69, 9.17) is 5.73 Å². The Morgan fingerprint density at radius 1 is 1.50 bits per heavy atom. The maximum absolute atomic E-state index is 13.3. The molecule has 0 aliphatic heterocycles. The number of aromatic nitrogens is 1. The molecule has 0 fully saturated rings. The van der Waals surface area contributed by atoms with Crippen molar-refractivity contribution in [2.24, 2.45) is 0 Å². The van der Waals surface area contributed by atoms with Crippen LogP contribution in [-0.2, 0) is 6.54 Å². The Balaban J connectivity index is 2.23. The van der Waals surface area contributed by atoms with Crippen LogP contribution < -0.4 is 10.6 Å². The lowest BCUT2D eigenvalue weighted by atomic mass is 10.2. The molecule has 1 aromatic carbocycles. The number of hydrogen-bond donors (Lipinski definition) is 1. The first-order valence-electron chi connectivity index (χ1n) is 5.34. The summed E-state index contributed by atoms with van der Waals surface area (Å²) in [4.78, 5) is 6.35. The fourth-order valence-electron chi connectivity index (χ4n) is 1.69. The van der Waals surface area contributed by atoms with E-state index in [1.807, 2.05) is 24.3 Å². The number of thiazole rings is 1. The van der Waals surface area contributed by atoms with Gasteiger partial charge in [-0.05, 0) is 28.9 Å². The summed E-state index contributed by atoms with van der Waals surface area (Å²) in [5.74, 6) is -0.353. The minimum atomic E-state index is -0.353. The number of hydrogen-bond acceptors (Lipinski definition) is 4. The standard InChI is InChI=1S/C12H13BrFN3S/c1-7-16-8(6-18-7)5-17(2)12-3-9(13)10(14)4-11(12)15/h3-4,6H,5,15H2,1-2H3. The Morgan fingerprint density at radius 2 is 2.22 bits per heavy atom. The molecule has 2 rings (SSSR count). The Bertz CT molecular complexity index is 570. The molecule has 18 heavy (non-hydrogen) atoms. The molecule has 3 nitrogen and oxygen atoms in total. The summed E-state index contributed by atoms with van der Waals surface area (Å²) in [6, 6.07) is 3.01. The molecule has 0 saturated heterocycles. The van der Waals surface area contributed by atoms with Crippen molar-refractivity contribution in [2.45, 2.75) is 13.5 Å². The van der Waals surface area contributed by atoms with Gasteiger partial charge in [-0.25, -0.2) is 9.37 Å². The number of rotatable bonds is 3. The molecule has 0 unspecified atom stereocenters. The lowest BCUT2D eigenvalue weighted by molar-refractivity contribution is 0.621. The first kappa shape index (κ1) is 13.3. The average molecular weight is 330 g/mol. The SMILES string of the molecule is Cc1nc(CN(C)c2cc(Br)c(F)cc2N)cs1. The molecular formula is C12H13BrFN3S. The first-order valence-corrected chi connectivity index (χ1v) is 7.01. The fourth-order valence-corrected chi connectivity index (χ4v) is 2.63. The molecule has 0 aliphatic rings. The highest BCUT2D eigenvalue weighted by Crippen LogP contribution is 2.29. The second-order valence-electron chi connectivity index (χ2n) is 4.04. The summed E-state index contributed by atoms with van der Waals surface area (Å²) in [6.45, 7) is 2.61. The monoisotopic (exact) mass is 329 g/mol. The van der Waals surface area contributed by atoms with Crippen LogP contribution in [0.2, 0.25) is 0 Å². The molecule has 6 heteroatoms. The van der Waals surface area contributed by atoms with Gasteiger partial charge in [-0.15, -0.1) is 11.3 Å². The summed E-state index contributed by atoms with van der Waals surface area (Å²) in [7, 11) is 1.91. The summed E-state index contributed by atoms with van der Waals surface area (Å²) in [6.07, 6.45) is 0. The average Bonchev–Trinajstić information content (AvgIpc) is 2.69. The zero-order chi connectivity index (χ0) is 13.3. The van der Waals surface area contributed by atoms with Crippen molar-refractivity contribution in [3.8, 4) is 0 Å². The lowest BCUT2D eigenvalue weighted by Gasteiger charge is -2.20. The van der Waals surface area contributed by atoms with Crippen LogP contribution in [0, 0.1) is 12.7 Å². The third-order valence-electron chi connectivity index (χ3n) is 2.55. The molecule has 0 aliphatic carbocycles. The van der Waals surface area contributed by atoms with Gasteiger partial charge in [0.05, 0.1) is 33.1 Å². The van der Waals surface area contributed by atoms with E-state index >= 15 is 0 Å². The van der Waals surface area contributed by atoms with E-state index < -0.39 is 0 Å². The van der Waals surface area contributed by atoms with E-state index in [2.05, 4.69) is 20.9 Å². The summed E-state index contributed by atoms with van der Waals surface area (Å²) < 4.78 is 13.7. The van der Waals surface area contributed by atoms with Gasteiger partial charge < -0.3 is 10.6 Å². The molecule has 0 bridgehead atoms. The van der Waals surface area contributed by atoms with Crippen LogP contribution in [0.3, 0.4) is 0 Å². The number of halogens is 2. The van der Waals surface area contributed by atoms with Crippen LogP contribution in [0.4, 0.5) is 15.8 Å². The molecule has 2 aromatic rings. The normalized spacial score (nSPS) is 10.7. The topological polar surface area (TPSA) is 42.2 Å². The van der Waals surface area contributed by atoms with Gasteiger partial charge in [0.2, 0.25) is 0 Å². The van der Waals surface area contributed by atoms with Crippen molar-refractivity contribution in [1.29, 1.82) is 0 Å². The van der Waals surface area contributed by atoms with Crippen LogP contribution in [0.5, 0.6) is 0 Å². The highest BCUT2D eigenvalue weighted by Gasteiger charge is 2.11. The van der Waals surface area contributed by atoms with Crippen LogP contribution in [0.25, 0.3) is 0 Å². The van der Waals surface area contributed by atoms with Gasteiger partial charge >= 0.3 is 0 Å². The van der Waals surface area contributed by atoms with Gasteiger partial charge in [0.1, 0.15) is 5.82 Å². The van der Waals surface area contributed by atoms with Crippen molar-refractivity contribution < 1.29 is 4.39 Å². The van der Waals surface area contributed by atoms with Crippen LogP contribution in [0.1, 0.15) is 10.7 Å². The molecule has 1 heterocycles. The smallest absolute Gasteiger partial charge is 0.139 e. The third-order valence-corrected chi connectivity index (χ3v) is 3.98.